The first-order valence-electron chi connectivity index (χ1n) is 7.00. The van der Waals surface area contributed by atoms with Gasteiger partial charge in [0.1, 0.15) is 5.82 Å². The molecule has 1 atom stereocenters. The van der Waals surface area contributed by atoms with Gasteiger partial charge in [0.15, 0.2) is 0 Å². The zero-order valence-electron chi connectivity index (χ0n) is 12.8. The summed E-state index contributed by atoms with van der Waals surface area (Å²) in [6.45, 7) is 4.12. The van der Waals surface area contributed by atoms with Gasteiger partial charge >= 0.3 is 0 Å². The number of aromatic nitrogens is 4. The van der Waals surface area contributed by atoms with Crippen LogP contribution in [0.15, 0.2) is 36.7 Å². The Balaban J connectivity index is 1.97. The van der Waals surface area contributed by atoms with Crippen LogP contribution in [0, 0.1) is 6.92 Å². The summed E-state index contributed by atoms with van der Waals surface area (Å²) < 4.78 is 1.91. The van der Waals surface area contributed by atoms with Gasteiger partial charge in [-0.3, -0.25) is 4.40 Å². The second-order valence-corrected chi connectivity index (χ2v) is 5.52. The van der Waals surface area contributed by atoms with Crippen LogP contribution < -0.4 is 0 Å². The summed E-state index contributed by atoms with van der Waals surface area (Å²) in [4.78, 5) is 6.54. The van der Waals surface area contributed by atoms with E-state index in [2.05, 4.69) is 65.4 Å². The second-order valence-electron chi connectivity index (χ2n) is 5.52. The van der Waals surface area contributed by atoms with Gasteiger partial charge in [-0.05, 0) is 39.1 Å². The van der Waals surface area contributed by atoms with Crippen molar-refractivity contribution in [1.29, 1.82) is 0 Å². The van der Waals surface area contributed by atoms with E-state index in [0.29, 0.717) is 11.8 Å². The first-order valence-corrected chi connectivity index (χ1v) is 7.00. The quantitative estimate of drug-likeness (QED) is 0.740. The lowest BCUT2D eigenvalue weighted by Crippen LogP contribution is -2.16. The largest absolute Gasteiger partial charge is 0.303 e. The van der Waals surface area contributed by atoms with E-state index in [1.165, 1.54) is 5.56 Å². The van der Waals surface area contributed by atoms with Gasteiger partial charge in [-0.15, -0.1) is 10.2 Å². The maximum absolute atomic E-state index is 4.35. The average Bonchev–Trinajstić information content (AvgIpc) is 2.87. The molecule has 0 unspecified atom stereocenters. The highest BCUT2D eigenvalue weighted by atomic mass is 15.3. The molecule has 2 heterocycles. The molecule has 0 aliphatic carbocycles. The van der Waals surface area contributed by atoms with Crippen LogP contribution in [0.4, 0.5) is 0 Å². The van der Waals surface area contributed by atoms with Gasteiger partial charge in [0.2, 0.25) is 0 Å². The molecule has 3 aromatic rings. The Morgan fingerprint density at radius 2 is 1.76 bits per heavy atom. The molecule has 0 radical (unpaired) electrons. The van der Waals surface area contributed by atoms with E-state index in [-0.39, 0.29) is 0 Å². The Labute approximate surface area is 124 Å². The van der Waals surface area contributed by atoms with Crippen LogP contribution in [-0.2, 0) is 0 Å². The minimum Gasteiger partial charge on any atom is -0.303 e. The van der Waals surface area contributed by atoms with E-state index in [1.807, 2.05) is 23.7 Å². The highest BCUT2D eigenvalue weighted by molar-refractivity contribution is 5.63. The fourth-order valence-corrected chi connectivity index (χ4v) is 2.30. The Hall–Kier alpha value is -2.27. The molecule has 5 nitrogen and oxygen atoms in total. The zero-order chi connectivity index (χ0) is 15.0. The third-order valence-electron chi connectivity index (χ3n) is 3.94. The van der Waals surface area contributed by atoms with Gasteiger partial charge < -0.3 is 4.90 Å². The topological polar surface area (TPSA) is 46.3 Å². The fraction of sp³-hybridized carbons (Fsp3) is 0.312. The van der Waals surface area contributed by atoms with E-state index in [0.717, 1.165) is 17.0 Å². The molecule has 0 spiro atoms. The molecule has 0 amide bonds. The summed E-state index contributed by atoms with van der Waals surface area (Å²) in [5, 5.41) is 8.04. The maximum atomic E-state index is 4.35. The number of aryl methyl sites for hydroxylation is 1. The van der Waals surface area contributed by atoms with Crippen LogP contribution in [0.2, 0.25) is 0 Å². The van der Waals surface area contributed by atoms with Gasteiger partial charge in [-0.25, -0.2) is 4.98 Å². The van der Waals surface area contributed by atoms with Crippen molar-refractivity contribution in [3.8, 4) is 11.1 Å². The second kappa shape index (κ2) is 5.26. The number of hydrogen-bond acceptors (Lipinski definition) is 4. The number of benzene rings is 1. The molecule has 1 aromatic carbocycles. The molecule has 0 bridgehead atoms. The molecule has 0 aliphatic rings. The summed E-state index contributed by atoms with van der Waals surface area (Å²) in [6.07, 6.45) is 3.87. The van der Waals surface area contributed by atoms with E-state index >= 15 is 0 Å². The van der Waals surface area contributed by atoms with E-state index < -0.39 is 0 Å². The molecule has 0 fully saturated rings. The van der Waals surface area contributed by atoms with Crippen LogP contribution >= 0.6 is 0 Å². The van der Waals surface area contributed by atoms with E-state index in [4.69, 9.17) is 0 Å². The van der Waals surface area contributed by atoms with Crippen LogP contribution in [0.1, 0.15) is 24.4 Å². The molecule has 0 saturated heterocycles. The van der Waals surface area contributed by atoms with Crippen molar-refractivity contribution < 1.29 is 0 Å². The summed E-state index contributed by atoms with van der Waals surface area (Å²) in [5.41, 5.74) is 3.51. The highest BCUT2D eigenvalue weighted by Crippen LogP contribution is 2.23. The number of hydrogen-bond donors (Lipinski definition) is 0. The molecule has 21 heavy (non-hydrogen) atoms. The van der Waals surface area contributed by atoms with Crippen molar-refractivity contribution in [1.82, 2.24) is 24.5 Å². The SMILES string of the molecule is Cc1nnc2ncc(-c3ccc([C@@H](C)N(C)C)cc3)cn12. The summed E-state index contributed by atoms with van der Waals surface area (Å²) in [7, 11) is 4.18. The van der Waals surface area contributed by atoms with Crippen molar-refractivity contribution >= 4 is 5.78 Å². The van der Waals surface area contributed by atoms with E-state index in [1.54, 1.807) is 0 Å². The molecular formula is C16H19N5. The lowest BCUT2D eigenvalue weighted by molar-refractivity contribution is 0.321. The average molecular weight is 281 g/mol. The minimum atomic E-state index is 0.403. The van der Waals surface area contributed by atoms with Crippen LogP contribution in [0.3, 0.4) is 0 Å². The first-order chi connectivity index (χ1) is 10.1. The number of fused-ring (bicyclic) bond motifs is 1. The monoisotopic (exact) mass is 281 g/mol. The molecule has 0 saturated carbocycles. The molecular weight excluding hydrogens is 262 g/mol. The predicted octanol–water partition coefficient (Wildman–Crippen LogP) is 2.72. The first kappa shape index (κ1) is 13.7. The molecule has 108 valence electrons. The lowest BCUT2D eigenvalue weighted by Gasteiger charge is -2.20. The molecule has 3 rings (SSSR count). The standard InChI is InChI=1S/C16H19N5/c1-11(20(3)4)13-5-7-14(8-6-13)15-9-17-16-19-18-12(2)21(16)10-15/h5-11H,1-4H3/t11-/m1/s1. The maximum Gasteiger partial charge on any atom is 0.254 e. The van der Waals surface area contributed by atoms with Crippen molar-refractivity contribution in [2.75, 3.05) is 14.1 Å². The van der Waals surface area contributed by atoms with Crippen LogP contribution in [0.25, 0.3) is 16.9 Å². The zero-order valence-corrected chi connectivity index (χ0v) is 12.8. The van der Waals surface area contributed by atoms with Crippen molar-refractivity contribution in [2.24, 2.45) is 0 Å². The lowest BCUT2D eigenvalue weighted by atomic mass is 10.0. The van der Waals surface area contributed by atoms with Crippen LogP contribution in [0.5, 0.6) is 0 Å². The highest BCUT2D eigenvalue weighted by Gasteiger charge is 2.09. The Morgan fingerprint density at radius 1 is 1.05 bits per heavy atom. The molecule has 0 aliphatic heterocycles. The van der Waals surface area contributed by atoms with Crippen LogP contribution in [-0.4, -0.2) is 38.6 Å². The van der Waals surface area contributed by atoms with Gasteiger partial charge in [-0.1, -0.05) is 24.3 Å². The predicted molar refractivity (Wildman–Crippen MR) is 83.1 cm³/mol. The Morgan fingerprint density at radius 3 is 2.43 bits per heavy atom. The molecule has 5 heteroatoms. The van der Waals surface area contributed by atoms with E-state index in [9.17, 15) is 0 Å². The molecule has 2 aromatic heterocycles. The Bertz CT molecular complexity index is 758. The van der Waals surface area contributed by atoms with Gasteiger partial charge in [0, 0.05) is 24.0 Å². The minimum absolute atomic E-state index is 0.403. The van der Waals surface area contributed by atoms with Gasteiger partial charge in [0.05, 0.1) is 0 Å². The van der Waals surface area contributed by atoms with Crippen molar-refractivity contribution in [2.45, 2.75) is 19.9 Å². The number of rotatable bonds is 3. The van der Waals surface area contributed by atoms with Gasteiger partial charge in [0.25, 0.3) is 5.78 Å². The third-order valence-corrected chi connectivity index (χ3v) is 3.94. The fourth-order valence-electron chi connectivity index (χ4n) is 2.30. The van der Waals surface area contributed by atoms with Crippen molar-refractivity contribution in [3.63, 3.8) is 0 Å². The van der Waals surface area contributed by atoms with Gasteiger partial charge in [-0.2, -0.15) is 0 Å². The summed E-state index contributed by atoms with van der Waals surface area (Å²) in [6, 6.07) is 9.02. The number of nitrogens with zero attached hydrogens (tertiary/aromatic N) is 5. The smallest absolute Gasteiger partial charge is 0.254 e. The molecule has 0 N–H and O–H groups in total. The van der Waals surface area contributed by atoms with Crippen molar-refractivity contribution in [3.05, 3.63) is 48.0 Å². The summed E-state index contributed by atoms with van der Waals surface area (Å²) >= 11 is 0. The Kier molecular flexibility index (Phi) is 3.43. The normalized spacial score (nSPS) is 13.0. The summed E-state index contributed by atoms with van der Waals surface area (Å²) in [5.74, 6) is 1.48. The third kappa shape index (κ3) is 2.52.